The molecular weight excluding hydrogens is 331 g/mol. The SMILES string of the molecule is O=C(O)CCCCc1nnc(-c2cc(Br)ccc2F)o1. The van der Waals surface area contributed by atoms with Crippen molar-refractivity contribution in [1.29, 1.82) is 0 Å². The van der Waals surface area contributed by atoms with E-state index in [2.05, 4.69) is 26.1 Å². The minimum atomic E-state index is -0.826. The monoisotopic (exact) mass is 342 g/mol. The molecule has 1 heterocycles. The maximum Gasteiger partial charge on any atom is 0.303 e. The van der Waals surface area contributed by atoms with Gasteiger partial charge in [0.25, 0.3) is 5.89 Å². The molecule has 1 aromatic carbocycles. The smallest absolute Gasteiger partial charge is 0.303 e. The van der Waals surface area contributed by atoms with Gasteiger partial charge in [0.1, 0.15) is 5.82 Å². The third-order valence-electron chi connectivity index (χ3n) is 2.66. The van der Waals surface area contributed by atoms with E-state index >= 15 is 0 Å². The lowest BCUT2D eigenvalue weighted by Crippen LogP contribution is -1.95. The highest BCUT2D eigenvalue weighted by Crippen LogP contribution is 2.25. The summed E-state index contributed by atoms with van der Waals surface area (Å²) < 4.78 is 19.7. The van der Waals surface area contributed by atoms with Crippen molar-refractivity contribution in [1.82, 2.24) is 10.2 Å². The van der Waals surface area contributed by atoms with Crippen LogP contribution in [0.15, 0.2) is 27.1 Å². The predicted molar refractivity (Wildman–Crippen MR) is 72.6 cm³/mol. The summed E-state index contributed by atoms with van der Waals surface area (Å²) in [5, 5.41) is 16.2. The van der Waals surface area contributed by atoms with Crippen molar-refractivity contribution in [3.63, 3.8) is 0 Å². The van der Waals surface area contributed by atoms with Gasteiger partial charge in [-0.25, -0.2) is 4.39 Å². The summed E-state index contributed by atoms with van der Waals surface area (Å²) in [6.07, 6.45) is 1.77. The van der Waals surface area contributed by atoms with Crippen molar-refractivity contribution in [3.8, 4) is 11.5 Å². The first-order valence-corrected chi connectivity index (χ1v) is 6.85. The molecule has 106 valence electrons. The molecule has 0 saturated heterocycles. The average molecular weight is 343 g/mol. The van der Waals surface area contributed by atoms with Gasteiger partial charge in [-0.2, -0.15) is 0 Å². The zero-order chi connectivity index (χ0) is 14.5. The zero-order valence-corrected chi connectivity index (χ0v) is 12.1. The second-order valence-electron chi connectivity index (χ2n) is 4.23. The number of hydrogen-bond acceptors (Lipinski definition) is 4. The van der Waals surface area contributed by atoms with E-state index in [1.54, 1.807) is 12.1 Å². The Balaban J connectivity index is 2.01. The van der Waals surface area contributed by atoms with Gasteiger partial charge in [0, 0.05) is 17.3 Å². The fourth-order valence-electron chi connectivity index (χ4n) is 1.68. The first-order chi connectivity index (χ1) is 9.56. The quantitative estimate of drug-likeness (QED) is 0.813. The van der Waals surface area contributed by atoms with Crippen molar-refractivity contribution in [2.45, 2.75) is 25.7 Å². The predicted octanol–water partition coefficient (Wildman–Crippen LogP) is 3.44. The van der Waals surface area contributed by atoms with Crippen LogP contribution in [0.5, 0.6) is 0 Å². The molecule has 0 spiro atoms. The molecule has 0 fully saturated rings. The van der Waals surface area contributed by atoms with E-state index in [0.717, 1.165) is 4.47 Å². The Morgan fingerprint density at radius 2 is 2.15 bits per heavy atom. The van der Waals surface area contributed by atoms with Crippen LogP contribution in [0.25, 0.3) is 11.5 Å². The van der Waals surface area contributed by atoms with E-state index in [0.29, 0.717) is 25.2 Å². The Hall–Kier alpha value is -1.76. The zero-order valence-electron chi connectivity index (χ0n) is 10.5. The first-order valence-electron chi connectivity index (χ1n) is 6.06. The van der Waals surface area contributed by atoms with Gasteiger partial charge in [-0.3, -0.25) is 4.79 Å². The van der Waals surface area contributed by atoms with Crippen LogP contribution < -0.4 is 0 Å². The minimum absolute atomic E-state index is 0.112. The molecule has 1 N–H and O–H groups in total. The van der Waals surface area contributed by atoms with Crippen molar-refractivity contribution >= 4 is 21.9 Å². The lowest BCUT2D eigenvalue weighted by molar-refractivity contribution is -0.137. The molecule has 0 aliphatic carbocycles. The van der Waals surface area contributed by atoms with Gasteiger partial charge in [-0.1, -0.05) is 15.9 Å². The molecule has 0 radical (unpaired) electrons. The number of carboxylic acids is 1. The number of hydrogen-bond donors (Lipinski definition) is 1. The number of aromatic nitrogens is 2. The summed E-state index contributed by atoms with van der Waals surface area (Å²) in [5.74, 6) is -0.761. The third-order valence-corrected chi connectivity index (χ3v) is 3.15. The van der Waals surface area contributed by atoms with Gasteiger partial charge in [0.2, 0.25) is 5.89 Å². The van der Waals surface area contributed by atoms with Crippen LogP contribution >= 0.6 is 15.9 Å². The molecule has 2 rings (SSSR count). The largest absolute Gasteiger partial charge is 0.481 e. The highest BCUT2D eigenvalue weighted by molar-refractivity contribution is 9.10. The van der Waals surface area contributed by atoms with Gasteiger partial charge in [-0.15, -0.1) is 10.2 Å². The maximum atomic E-state index is 13.6. The summed E-state index contributed by atoms with van der Waals surface area (Å²) in [6, 6.07) is 4.47. The number of benzene rings is 1. The van der Waals surface area contributed by atoms with Crippen LogP contribution in [-0.2, 0) is 11.2 Å². The minimum Gasteiger partial charge on any atom is -0.481 e. The van der Waals surface area contributed by atoms with E-state index < -0.39 is 11.8 Å². The molecule has 1 aromatic heterocycles. The Morgan fingerprint density at radius 3 is 2.90 bits per heavy atom. The Bertz CT molecular complexity index is 615. The number of aliphatic carboxylic acids is 1. The maximum absolute atomic E-state index is 13.6. The van der Waals surface area contributed by atoms with Crippen LogP contribution in [0.4, 0.5) is 4.39 Å². The highest BCUT2D eigenvalue weighted by atomic mass is 79.9. The van der Waals surface area contributed by atoms with E-state index in [9.17, 15) is 9.18 Å². The lowest BCUT2D eigenvalue weighted by atomic mass is 10.2. The van der Waals surface area contributed by atoms with Gasteiger partial charge in [-0.05, 0) is 31.0 Å². The summed E-state index contributed by atoms with van der Waals surface area (Å²) in [6.45, 7) is 0. The number of rotatable bonds is 6. The number of carbonyl (C=O) groups is 1. The molecule has 0 amide bonds. The first kappa shape index (κ1) is 14.6. The third kappa shape index (κ3) is 3.86. The van der Waals surface area contributed by atoms with E-state index in [-0.39, 0.29) is 17.9 Å². The molecule has 0 aliphatic heterocycles. The standard InChI is InChI=1S/C13H12BrFN2O3/c14-8-5-6-10(15)9(7-8)13-17-16-11(20-13)3-1-2-4-12(18)19/h5-7H,1-4H2,(H,18,19). The van der Waals surface area contributed by atoms with Crippen LogP contribution in [0, 0.1) is 5.82 Å². The highest BCUT2D eigenvalue weighted by Gasteiger charge is 2.13. The molecule has 2 aromatic rings. The normalized spacial score (nSPS) is 10.7. The lowest BCUT2D eigenvalue weighted by Gasteiger charge is -1.98. The van der Waals surface area contributed by atoms with Crippen molar-refractivity contribution in [2.24, 2.45) is 0 Å². The molecule has 0 saturated carbocycles. The number of carboxylic acid groups (broad SMARTS) is 1. The van der Waals surface area contributed by atoms with E-state index in [1.165, 1.54) is 6.07 Å². The van der Waals surface area contributed by atoms with Crippen LogP contribution in [0.3, 0.4) is 0 Å². The number of aryl methyl sites for hydroxylation is 1. The summed E-state index contributed by atoms with van der Waals surface area (Å²) >= 11 is 3.25. The molecule has 0 aliphatic rings. The van der Waals surface area contributed by atoms with Crippen LogP contribution in [0.2, 0.25) is 0 Å². The fourth-order valence-corrected chi connectivity index (χ4v) is 2.04. The van der Waals surface area contributed by atoms with Crippen molar-refractivity contribution in [3.05, 3.63) is 34.4 Å². The van der Waals surface area contributed by atoms with Gasteiger partial charge in [0.05, 0.1) is 5.56 Å². The van der Waals surface area contributed by atoms with Crippen molar-refractivity contribution in [2.75, 3.05) is 0 Å². The fraction of sp³-hybridized carbons (Fsp3) is 0.308. The average Bonchev–Trinajstić information content (AvgIpc) is 2.86. The number of unbranched alkanes of at least 4 members (excludes halogenated alkanes) is 1. The van der Waals surface area contributed by atoms with Gasteiger partial charge in [0.15, 0.2) is 0 Å². The molecule has 20 heavy (non-hydrogen) atoms. The molecular formula is C13H12BrFN2O3. The summed E-state index contributed by atoms with van der Waals surface area (Å²) in [4.78, 5) is 10.4. The summed E-state index contributed by atoms with van der Waals surface area (Å²) in [7, 11) is 0. The Kier molecular flexibility index (Phi) is 4.84. The van der Waals surface area contributed by atoms with E-state index in [4.69, 9.17) is 9.52 Å². The van der Waals surface area contributed by atoms with Crippen LogP contribution in [-0.4, -0.2) is 21.3 Å². The molecule has 0 unspecified atom stereocenters. The Morgan fingerprint density at radius 1 is 1.35 bits per heavy atom. The Labute approximate surface area is 123 Å². The molecule has 7 heteroatoms. The molecule has 0 bridgehead atoms. The number of halogens is 2. The van der Waals surface area contributed by atoms with Gasteiger partial charge >= 0.3 is 5.97 Å². The second-order valence-corrected chi connectivity index (χ2v) is 5.14. The topological polar surface area (TPSA) is 76.2 Å². The molecule has 5 nitrogen and oxygen atoms in total. The number of nitrogens with zero attached hydrogens (tertiary/aromatic N) is 2. The van der Waals surface area contributed by atoms with Gasteiger partial charge < -0.3 is 9.52 Å². The van der Waals surface area contributed by atoms with Crippen molar-refractivity contribution < 1.29 is 18.7 Å². The summed E-state index contributed by atoms with van der Waals surface area (Å²) in [5.41, 5.74) is 0.240. The second kappa shape index (κ2) is 6.60. The van der Waals surface area contributed by atoms with E-state index in [1.807, 2.05) is 0 Å². The molecule has 0 atom stereocenters. The van der Waals surface area contributed by atoms with Crippen LogP contribution in [0.1, 0.15) is 25.2 Å².